The van der Waals surface area contributed by atoms with Crippen LogP contribution in [0, 0.1) is 12.8 Å². The summed E-state index contributed by atoms with van der Waals surface area (Å²) >= 11 is 6.84. The Morgan fingerprint density at radius 1 is 1.00 bits per heavy atom. The van der Waals surface area contributed by atoms with Crippen LogP contribution >= 0.6 is 24.0 Å². The van der Waals surface area contributed by atoms with E-state index in [1.54, 1.807) is 21.6 Å². The zero-order valence-electron chi connectivity index (χ0n) is 23.7. The Morgan fingerprint density at radius 2 is 1.79 bits per heavy atom. The second-order valence-electron chi connectivity index (χ2n) is 11.2. The topological polar surface area (TPSA) is 76.4 Å². The molecule has 218 valence electrons. The van der Waals surface area contributed by atoms with Crippen LogP contribution in [-0.2, 0) is 17.8 Å². The minimum Gasteiger partial charge on any atom is -0.454 e. The molecule has 2 fully saturated rings. The lowest BCUT2D eigenvalue weighted by Crippen LogP contribution is -2.37. The molecule has 0 atom stereocenters. The number of anilines is 1. The first-order valence-electron chi connectivity index (χ1n) is 14.4. The van der Waals surface area contributed by atoms with Crippen molar-refractivity contribution in [2.45, 2.75) is 32.7 Å². The van der Waals surface area contributed by atoms with E-state index >= 15 is 0 Å². The van der Waals surface area contributed by atoms with Crippen LogP contribution in [-0.4, -0.2) is 44.4 Å². The molecule has 0 saturated carbocycles. The molecule has 10 heteroatoms. The average molecular weight is 611 g/mol. The fourth-order valence-electron chi connectivity index (χ4n) is 5.90. The molecular weight excluding hydrogens is 581 g/mol. The number of thioether (sulfide) groups is 1. The molecule has 0 aliphatic carbocycles. The van der Waals surface area contributed by atoms with Crippen LogP contribution in [0.5, 0.6) is 11.5 Å². The van der Waals surface area contributed by atoms with Crippen molar-refractivity contribution in [2.75, 3.05) is 24.8 Å². The second-order valence-corrected chi connectivity index (χ2v) is 12.8. The van der Waals surface area contributed by atoms with E-state index < -0.39 is 0 Å². The monoisotopic (exact) mass is 610 g/mol. The van der Waals surface area contributed by atoms with Gasteiger partial charge in [-0.15, -0.1) is 0 Å². The summed E-state index contributed by atoms with van der Waals surface area (Å²) in [5.41, 5.74) is 3.98. The van der Waals surface area contributed by atoms with Crippen molar-refractivity contribution in [3.8, 4) is 11.5 Å². The molecule has 0 bridgehead atoms. The number of rotatable bonds is 6. The predicted molar refractivity (Wildman–Crippen MR) is 173 cm³/mol. The number of hydrogen-bond acceptors (Lipinski definition) is 8. The van der Waals surface area contributed by atoms with E-state index in [1.165, 1.54) is 17.3 Å². The van der Waals surface area contributed by atoms with Gasteiger partial charge >= 0.3 is 0 Å². The molecule has 4 aromatic rings. The van der Waals surface area contributed by atoms with Gasteiger partial charge in [-0.3, -0.25) is 18.9 Å². The van der Waals surface area contributed by atoms with Crippen LogP contribution in [0.3, 0.4) is 0 Å². The average Bonchev–Trinajstić information content (AvgIpc) is 3.59. The lowest BCUT2D eigenvalue weighted by Gasteiger charge is -2.33. The van der Waals surface area contributed by atoms with Crippen molar-refractivity contribution in [1.29, 1.82) is 0 Å². The van der Waals surface area contributed by atoms with Gasteiger partial charge in [0.15, 0.2) is 11.5 Å². The highest BCUT2D eigenvalue weighted by atomic mass is 32.2. The SMILES string of the molecule is Cc1ccc2nc(N3CCC(Cc4ccccc4)CC3)c(C=C3SC(=S)N(Cc4ccc5c(c4)OCO5)C3=O)c(=O)n2c1. The van der Waals surface area contributed by atoms with Gasteiger partial charge in [0.25, 0.3) is 11.5 Å². The van der Waals surface area contributed by atoms with Gasteiger partial charge in [0.1, 0.15) is 15.8 Å². The number of carbonyl (C=O) groups is 1. The molecule has 2 aromatic heterocycles. The van der Waals surface area contributed by atoms with Gasteiger partial charge in [-0.25, -0.2) is 4.98 Å². The van der Waals surface area contributed by atoms with E-state index in [4.69, 9.17) is 26.7 Å². The minimum absolute atomic E-state index is 0.185. The maximum absolute atomic E-state index is 14.0. The smallest absolute Gasteiger partial charge is 0.267 e. The second kappa shape index (κ2) is 11.5. The van der Waals surface area contributed by atoms with Crippen LogP contribution in [0.2, 0.25) is 0 Å². The molecule has 3 aliphatic heterocycles. The van der Waals surface area contributed by atoms with Crippen LogP contribution in [0.15, 0.2) is 76.6 Å². The van der Waals surface area contributed by atoms with E-state index in [0.29, 0.717) is 50.2 Å². The first-order chi connectivity index (χ1) is 20.9. The van der Waals surface area contributed by atoms with Gasteiger partial charge in [0.2, 0.25) is 6.79 Å². The molecule has 0 radical (unpaired) electrons. The number of aryl methyl sites for hydroxylation is 1. The molecule has 5 heterocycles. The molecular formula is C33H30N4O4S2. The number of piperidine rings is 1. The third-order valence-corrected chi connectivity index (χ3v) is 9.57. The lowest BCUT2D eigenvalue weighted by atomic mass is 9.90. The highest BCUT2D eigenvalue weighted by Crippen LogP contribution is 2.37. The Bertz CT molecular complexity index is 1830. The number of pyridine rings is 1. The number of aromatic nitrogens is 2. The van der Waals surface area contributed by atoms with Gasteiger partial charge < -0.3 is 14.4 Å². The van der Waals surface area contributed by atoms with Gasteiger partial charge in [-0.1, -0.05) is 66.4 Å². The molecule has 3 aliphatic rings. The van der Waals surface area contributed by atoms with Crippen molar-refractivity contribution in [2.24, 2.45) is 5.92 Å². The molecule has 0 N–H and O–H groups in total. The fourth-order valence-corrected chi connectivity index (χ4v) is 7.14. The van der Waals surface area contributed by atoms with E-state index in [-0.39, 0.29) is 18.3 Å². The predicted octanol–water partition coefficient (Wildman–Crippen LogP) is 5.59. The highest BCUT2D eigenvalue weighted by Gasteiger charge is 2.34. The number of nitrogens with zero attached hydrogens (tertiary/aromatic N) is 4. The summed E-state index contributed by atoms with van der Waals surface area (Å²) in [4.78, 5) is 36.7. The molecule has 2 aromatic carbocycles. The first kappa shape index (κ1) is 27.7. The Morgan fingerprint density at radius 3 is 2.60 bits per heavy atom. The highest BCUT2D eigenvalue weighted by molar-refractivity contribution is 8.26. The first-order valence-corrected chi connectivity index (χ1v) is 15.6. The standard InChI is InChI=1S/C33H30N4O4S2/c1-21-7-10-29-34-30(35-13-11-23(12-14-35)15-22-5-3-2-4-6-22)25(31(38)36(29)18-21)17-28-32(39)37(33(42)43-28)19-24-8-9-26-27(16-24)41-20-40-26/h2-10,16-18,23H,11-15,19-20H2,1H3. The van der Waals surface area contributed by atoms with E-state index in [2.05, 4.69) is 29.2 Å². The molecule has 2 saturated heterocycles. The number of amides is 1. The van der Waals surface area contributed by atoms with Crippen molar-refractivity contribution in [3.63, 3.8) is 0 Å². The summed E-state index contributed by atoms with van der Waals surface area (Å²) in [5.74, 6) is 2.30. The Labute approximate surface area is 258 Å². The van der Waals surface area contributed by atoms with E-state index in [0.717, 1.165) is 43.5 Å². The maximum atomic E-state index is 14.0. The van der Waals surface area contributed by atoms with Crippen molar-refractivity contribution < 1.29 is 14.3 Å². The number of ether oxygens (including phenoxy) is 2. The summed E-state index contributed by atoms with van der Waals surface area (Å²) in [5, 5.41) is 0. The third kappa shape index (κ3) is 5.52. The number of carbonyl (C=O) groups excluding carboxylic acids is 1. The van der Waals surface area contributed by atoms with E-state index in [9.17, 15) is 9.59 Å². The van der Waals surface area contributed by atoms with Gasteiger partial charge in [-0.2, -0.15) is 0 Å². The molecule has 0 unspecified atom stereocenters. The quantitative estimate of drug-likeness (QED) is 0.207. The zero-order valence-corrected chi connectivity index (χ0v) is 25.3. The zero-order chi connectivity index (χ0) is 29.5. The van der Waals surface area contributed by atoms with Crippen molar-refractivity contribution in [3.05, 3.63) is 104 Å². The largest absolute Gasteiger partial charge is 0.454 e. The normalized spacial score (nSPS) is 17.9. The molecule has 43 heavy (non-hydrogen) atoms. The molecule has 8 nitrogen and oxygen atoms in total. The van der Waals surface area contributed by atoms with Crippen molar-refractivity contribution >= 4 is 51.7 Å². The molecule has 0 spiro atoms. The van der Waals surface area contributed by atoms with Gasteiger partial charge in [0.05, 0.1) is 17.0 Å². The molecule has 1 amide bonds. The Hall–Kier alpha value is -4.15. The Kier molecular flexibility index (Phi) is 7.40. The summed E-state index contributed by atoms with van der Waals surface area (Å²) in [6, 6.07) is 20.0. The Balaban J connectivity index is 1.18. The van der Waals surface area contributed by atoms with Crippen LogP contribution in [0.4, 0.5) is 5.82 Å². The minimum atomic E-state index is -0.228. The van der Waals surface area contributed by atoms with Gasteiger partial charge in [-0.05, 0) is 73.1 Å². The number of thiocarbonyl (C=S) groups is 1. The van der Waals surface area contributed by atoms with Crippen LogP contribution in [0.25, 0.3) is 11.7 Å². The summed E-state index contributed by atoms with van der Waals surface area (Å²) in [6.07, 6.45) is 6.53. The van der Waals surface area contributed by atoms with Crippen LogP contribution in [0.1, 0.15) is 35.1 Å². The lowest BCUT2D eigenvalue weighted by molar-refractivity contribution is -0.122. The number of benzene rings is 2. The van der Waals surface area contributed by atoms with Gasteiger partial charge in [0, 0.05) is 19.3 Å². The summed E-state index contributed by atoms with van der Waals surface area (Å²) in [6.45, 7) is 4.01. The van der Waals surface area contributed by atoms with Crippen molar-refractivity contribution in [1.82, 2.24) is 14.3 Å². The summed E-state index contributed by atoms with van der Waals surface area (Å²) in [7, 11) is 0. The van der Waals surface area contributed by atoms with E-state index in [1.807, 2.05) is 43.3 Å². The maximum Gasteiger partial charge on any atom is 0.267 e. The fraction of sp³-hybridized carbons (Fsp3) is 0.273. The summed E-state index contributed by atoms with van der Waals surface area (Å²) < 4.78 is 12.9. The third-order valence-electron chi connectivity index (χ3n) is 8.19. The number of fused-ring (bicyclic) bond motifs is 2. The van der Waals surface area contributed by atoms with Crippen LogP contribution < -0.4 is 19.9 Å². The number of hydrogen-bond donors (Lipinski definition) is 0. The molecule has 7 rings (SSSR count).